The van der Waals surface area contributed by atoms with Gasteiger partial charge in [0.1, 0.15) is 0 Å². The molecular formula is C18H20ClNO3S. The van der Waals surface area contributed by atoms with Gasteiger partial charge in [-0.25, -0.2) is 8.42 Å². The summed E-state index contributed by atoms with van der Waals surface area (Å²) < 4.78 is 32.4. The van der Waals surface area contributed by atoms with Crippen molar-refractivity contribution in [1.29, 1.82) is 0 Å². The van der Waals surface area contributed by atoms with Crippen molar-refractivity contribution in [3.63, 3.8) is 0 Å². The molecule has 0 saturated carbocycles. The van der Waals surface area contributed by atoms with Crippen molar-refractivity contribution in [2.45, 2.75) is 31.5 Å². The first-order valence-electron chi connectivity index (χ1n) is 7.80. The van der Waals surface area contributed by atoms with Crippen LogP contribution in [0.4, 0.5) is 0 Å². The van der Waals surface area contributed by atoms with E-state index in [1.54, 1.807) is 12.1 Å². The highest BCUT2D eigenvalue weighted by atomic mass is 35.5. The Labute approximate surface area is 148 Å². The highest BCUT2D eigenvalue weighted by Gasteiger charge is 2.37. The van der Waals surface area contributed by atoms with E-state index in [1.807, 2.05) is 44.2 Å². The summed E-state index contributed by atoms with van der Waals surface area (Å²) in [7, 11) is -3.43. The number of nitrogens with zero attached hydrogens (tertiary/aromatic N) is 1. The second-order valence-corrected chi connectivity index (χ2v) is 8.50. The summed E-state index contributed by atoms with van der Waals surface area (Å²) in [6, 6.07) is 12.7. The lowest BCUT2D eigenvalue weighted by Crippen LogP contribution is -2.54. The van der Waals surface area contributed by atoms with Crippen LogP contribution in [0.15, 0.2) is 47.4 Å². The Morgan fingerprint density at radius 3 is 2.38 bits per heavy atom. The molecule has 3 rings (SSSR count). The predicted octanol–water partition coefficient (Wildman–Crippen LogP) is 3.55. The average molecular weight is 366 g/mol. The lowest BCUT2D eigenvalue weighted by atomic mass is 10.1. The van der Waals surface area contributed by atoms with Crippen LogP contribution in [0.2, 0.25) is 5.02 Å². The number of sulfonamides is 1. The van der Waals surface area contributed by atoms with Gasteiger partial charge in [-0.2, -0.15) is 4.31 Å². The molecule has 0 bridgehead atoms. The van der Waals surface area contributed by atoms with Crippen LogP contribution in [0.1, 0.15) is 16.7 Å². The van der Waals surface area contributed by atoms with Crippen molar-refractivity contribution in [3.05, 3.63) is 64.2 Å². The van der Waals surface area contributed by atoms with Crippen molar-refractivity contribution in [1.82, 2.24) is 4.31 Å². The number of hydrogen-bond donors (Lipinski definition) is 0. The number of aryl methyl sites for hydroxylation is 2. The first-order valence-corrected chi connectivity index (χ1v) is 9.61. The van der Waals surface area contributed by atoms with Gasteiger partial charge in [-0.05, 0) is 54.8 Å². The molecular weight excluding hydrogens is 346 g/mol. The van der Waals surface area contributed by atoms with Crippen LogP contribution in [0.5, 0.6) is 0 Å². The fourth-order valence-corrected chi connectivity index (χ4v) is 4.24. The Kier molecular flexibility index (Phi) is 4.97. The van der Waals surface area contributed by atoms with E-state index in [2.05, 4.69) is 0 Å². The van der Waals surface area contributed by atoms with Gasteiger partial charge in [0, 0.05) is 18.1 Å². The Morgan fingerprint density at radius 2 is 1.75 bits per heavy atom. The molecule has 1 saturated heterocycles. The molecule has 128 valence electrons. The maximum Gasteiger partial charge on any atom is 0.243 e. The molecule has 6 heteroatoms. The molecule has 0 N–H and O–H groups in total. The van der Waals surface area contributed by atoms with Crippen LogP contribution in [0.25, 0.3) is 0 Å². The molecule has 4 nitrogen and oxygen atoms in total. The average Bonchev–Trinajstić information content (AvgIpc) is 2.50. The Morgan fingerprint density at radius 1 is 1.08 bits per heavy atom. The van der Waals surface area contributed by atoms with E-state index in [4.69, 9.17) is 16.3 Å². The van der Waals surface area contributed by atoms with Crippen LogP contribution >= 0.6 is 11.6 Å². The van der Waals surface area contributed by atoms with E-state index in [-0.39, 0.29) is 6.10 Å². The lowest BCUT2D eigenvalue weighted by Gasteiger charge is -2.37. The topological polar surface area (TPSA) is 46.6 Å². The Bertz CT molecular complexity index is 828. The molecule has 1 heterocycles. The van der Waals surface area contributed by atoms with Gasteiger partial charge in [0.2, 0.25) is 10.0 Å². The van der Waals surface area contributed by atoms with Crippen molar-refractivity contribution >= 4 is 21.6 Å². The highest BCUT2D eigenvalue weighted by Crippen LogP contribution is 2.25. The van der Waals surface area contributed by atoms with Gasteiger partial charge in [-0.15, -0.1) is 0 Å². The third-order valence-electron chi connectivity index (χ3n) is 4.33. The quantitative estimate of drug-likeness (QED) is 0.814. The molecule has 2 aromatic carbocycles. The molecule has 0 aliphatic carbocycles. The summed E-state index contributed by atoms with van der Waals surface area (Å²) in [5.74, 6) is 0. The minimum Gasteiger partial charge on any atom is -0.371 e. The fourth-order valence-electron chi connectivity index (χ4n) is 2.52. The summed E-state index contributed by atoms with van der Waals surface area (Å²) in [5.41, 5.74) is 3.09. The third kappa shape index (κ3) is 3.64. The zero-order valence-corrected chi connectivity index (χ0v) is 15.3. The largest absolute Gasteiger partial charge is 0.371 e. The van der Waals surface area contributed by atoms with Gasteiger partial charge in [0.25, 0.3) is 0 Å². The van der Waals surface area contributed by atoms with Gasteiger partial charge in [-0.1, -0.05) is 29.8 Å². The first kappa shape index (κ1) is 17.4. The van der Waals surface area contributed by atoms with Crippen LogP contribution in [-0.2, 0) is 21.4 Å². The minimum absolute atomic E-state index is 0.0676. The van der Waals surface area contributed by atoms with E-state index in [0.717, 1.165) is 16.7 Å². The number of ether oxygens (including phenoxy) is 1. The van der Waals surface area contributed by atoms with Crippen LogP contribution in [0.3, 0.4) is 0 Å². The smallest absolute Gasteiger partial charge is 0.243 e. The molecule has 1 aliphatic heterocycles. The van der Waals surface area contributed by atoms with Crippen molar-refractivity contribution in [2.75, 3.05) is 13.1 Å². The number of benzene rings is 2. The van der Waals surface area contributed by atoms with Crippen molar-refractivity contribution < 1.29 is 13.2 Å². The van der Waals surface area contributed by atoms with Gasteiger partial charge in [0.15, 0.2) is 0 Å². The van der Waals surface area contributed by atoms with Crippen molar-refractivity contribution in [3.8, 4) is 0 Å². The van der Waals surface area contributed by atoms with E-state index in [9.17, 15) is 8.42 Å². The van der Waals surface area contributed by atoms with E-state index in [1.165, 1.54) is 4.31 Å². The van der Waals surface area contributed by atoms with E-state index in [0.29, 0.717) is 29.6 Å². The maximum atomic E-state index is 12.6. The zero-order valence-electron chi connectivity index (χ0n) is 13.7. The molecule has 1 aliphatic rings. The van der Waals surface area contributed by atoms with E-state index >= 15 is 0 Å². The molecule has 0 spiro atoms. The number of halogens is 1. The molecule has 1 fully saturated rings. The minimum atomic E-state index is -3.43. The SMILES string of the molecule is Cc1ccc(S(=O)(=O)N2CC(OCc3ccc(Cl)cc3)C2)cc1C. The van der Waals surface area contributed by atoms with Gasteiger partial charge in [-0.3, -0.25) is 0 Å². The summed E-state index contributed by atoms with van der Waals surface area (Å²) >= 11 is 5.85. The monoisotopic (exact) mass is 365 g/mol. The van der Waals surface area contributed by atoms with Gasteiger partial charge >= 0.3 is 0 Å². The van der Waals surface area contributed by atoms with Crippen molar-refractivity contribution in [2.24, 2.45) is 0 Å². The molecule has 0 aromatic heterocycles. The molecule has 24 heavy (non-hydrogen) atoms. The Balaban J connectivity index is 1.57. The zero-order chi connectivity index (χ0) is 17.3. The molecule has 2 aromatic rings. The van der Waals surface area contributed by atoms with Crippen LogP contribution in [0, 0.1) is 13.8 Å². The first-order chi connectivity index (χ1) is 11.4. The van der Waals surface area contributed by atoms with Gasteiger partial charge in [0.05, 0.1) is 17.6 Å². The summed E-state index contributed by atoms with van der Waals surface area (Å²) in [6.07, 6.45) is -0.0676. The Hall–Kier alpha value is -1.40. The van der Waals surface area contributed by atoms with Crippen LogP contribution in [-0.4, -0.2) is 31.9 Å². The molecule has 0 radical (unpaired) electrons. The number of rotatable bonds is 5. The maximum absolute atomic E-state index is 12.6. The summed E-state index contributed by atoms with van der Waals surface area (Å²) in [6.45, 7) is 5.13. The second kappa shape index (κ2) is 6.84. The molecule has 0 atom stereocenters. The van der Waals surface area contributed by atoms with E-state index < -0.39 is 10.0 Å². The normalized spacial score (nSPS) is 16.1. The van der Waals surface area contributed by atoms with Gasteiger partial charge < -0.3 is 4.74 Å². The standard InChI is InChI=1S/C18H20ClNO3S/c1-13-3-8-18(9-14(13)2)24(21,22)20-10-17(11-20)23-12-15-4-6-16(19)7-5-15/h3-9,17H,10-12H2,1-2H3. The van der Waals surface area contributed by atoms with Crippen LogP contribution < -0.4 is 0 Å². The fraction of sp³-hybridized carbons (Fsp3) is 0.333. The highest BCUT2D eigenvalue weighted by molar-refractivity contribution is 7.89. The predicted molar refractivity (Wildman–Crippen MR) is 94.7 cm³/mol. The summed E-state index contributed by atoms with van der Waals surface area (Å²) in [4.78, 5) is 0.349. The number of hydrogen-bond acceptors (Lipinski definition) is 3. The second-order valence-electron chi connectivity index (χ2n) is 6.13. The summed E-state index contributed by atoms with van der Waals surface area (Å²) in [5, 5.41) is 0.688. The lowest BCUT2D eigenvalue weighted by molar-refractivity contribution is -0.0295. The molecule has 0 unspecified atom stereocenters. The third-order valence-corrected chi connectivity index (χ3v) is 6.41. The molecule has 0 amide bonds.